The Morgan fingerprint density at radius 3 is 1.70 bits per heavy atom. The number of thiol groups is 1. The van der Waals surface area contributed by atoms with Crippen LogP contribution >= 0.6 is 12.6 Å². The molecule has 0 aromatic heterocycles. The number of carboxylic acids is 1. The van der Waals surface area contributed by atoms with Crippen LogP contribution in [0.1, 0.15) is 50.5 Å². The second-order valence-electron chi connectivity index (χ2n) is 16.9. The first-order valence-corrected chi connectivity index (χ1v) is 24.3. The van der Waals surface area contributed by atoms with Gasteiger partial charge in [-0.05, 0) is 87.3 Å². The van der Waals surface area contributed by atoms with Crippen LogP contribution in [0.4, 0.5) is 5.69 Å². The van der Waals surface area contributed by atoms with Gasteiger partial charge < -0.3 is 72.6 Å². The topological polar surface area (TPSA) is 320 Å². The Labute approximate surface area is 419 Å². The summed E-state index contributed by atoms with van der Waals surface area (Å²) in [6.45, 7) is -2.11. The average molecular weight is 1010 g/mol. The number of rotatable bonds is 33. The van der Waals surface area contributed by atoms with Crippen LogP contribution in [0.5, 0.6) is 11.5 Å². The van der Waals surface area contributed by atoms with Gasteiger partial charge in [-0.15, -0.1) is 0 Å². The number of hydrogen-bond acceptors (Lipinski definition) is 15. The van der Waals surface area contributed by atoms with Crippen molar-refractivity contribution < 1.29 is 52.9 Å². The molecule has 7 amide bonds. The number of carbonyl (C=O) groups excluding carboxylic acids is 7. The molecule has 22 nitrogen and oxygen atoms in total. The minimum atomic E-state index is -1.18. The van der Waals surface area contributed by atoms with E-state index < -0.39 is 92.5 Å². The molecule has 3 aromatic carbocycles. The monoisotopic (exact) mass is 1010 g/mol. The molecule has 0 radical (unpaired) electrons. The fourth-order valence-electron chi connectivity index (χ4n) is 7.57. The smallest absolute Gasteiger partial charge is 0.305 e. The van der Waals surface area contributed by atoms with E-state index in [9.17, 15) is 43.5 Å². The minimum Gasteiger partial charge on any atom is -0.481 e. The van der Waals surface area contributed by atoms with Gasteiger partial charge in [-0.2, -0.15) is 12.6 Å². The van der Waals surface area contributed by atoms with Gasteiger partial charge in [0.05, 0.1) is 39.1 Å². The van der Waals surface area contributed by atoms with Crippen LogP contribution in [0.3, 0.4) is 0 Å². The molecule has 0 aliphatic carbocycles. The number of anilines is 1. The predicted molar refractivity (Wildman–Crippen MR) is 269 cm³/mol. The predicted octanol–water partition coefficient (Wildman–Crippen LogP) is -0.0851. The number of unbranched alkanes of at least 4 members (excludes halogenated alkanes) is 3. The van der Waals surface area contributed by atoms with Crippen LogP contribution in [-0.4, -0.2) is 181 Å². The summed E-state index contributed by atoms with van der Waals surface area (Å²) in [6, 6.07) is 17.1. The van der Waals surface area contributed by atoms with Crippen LogP contribution in [0.2, 0.25) is 0 Å². The molecule has 0 saturated heterocycles. The number of nitrogens with two attached hydrogens (primary N) is 4. The first kappa shape index (κ1) is 56.9. The molecule has 1 unspecified atom stereocenters. The van der Waals surface area contributed by atoms with Crippen molar-refractivity contribution in [1.82, 2.24) is 29.8 Å². The van der Waals surface area contributed by atoms with Crippen LogP contribution in [0, 0.1) is 0 Å². The molecule has 11 N–H and O–H groups in total. The van der Waals surface area contributed by atoms with E-state index in [-0.39, 0.29) is 51.8 Å². The van der Waals surface area contributed by atoms with Crippen molar-refractivity contribution in [1.29, 1.82) is 0 Å². The largest absolute Gasteiger partial charge is 0.481 e. The van der Waals surface area contributed by atoms with Crippen LogP contribution in [0.25, 0.3) is 10.8 Å². The van der Waals surface area contributed by atoms with Crippen molar-refractivity contribution in [3.63, 3.8) is 0 Å². The summed E-state index contributed by atoms with van der Waals surface area (Å²) < 4.78 is 11.0. The minimum absolute atomic E-state index is 0.0113. The third kappa shape index (κ3) is 18.9. The number of primary amides is 1. The highest BCUT2D eigenvalue weighted by Crippen LogP contribution is 2.33. The van der Waals surface area contributed by atoms with Gasteiger partial charge in [0.15, 0.2) is 11.5 Å². The maximum absolute atomic E-state index is 14.6. The van der Waals surface area contributed by atoms with Crippen molar-refractivity contribution in [2.45, 2.75) is 57.5 Å². The highest BCUT2D eigenvalue weighted by Gasteiger charge is 2.30. The number of carboxylic acid groups (broad SMARTS) is 1. The Balaban J connectivity index is 1.60. The standard InChI is InChI=1S/C48H69N11O11S/c49-17-3-6-20-55(27-41(60)54-38(32-71)48(52)68)43(62)28-56(21-7-4-18-50)45(64)31-59(26-34-14-15-39-40(24-34)70-33-69-39)46(65)30-57(22-8-5-19-51)44(63)29-58(23-16-47(66)67)42(61)25-53-37-13-9-11-35-10-1-2-12-36(35)37/h1-2,9-15,24,38,53,71H,3-8,16-23,25-33,49-51H2,(H2,52,68)(H,54,60)(H,66,67). The lowest BCUT2D eigenvalue weighted by atomic mass is 10.1. The van der Waals surface area contributed by atoms with Gasteiger partial charge in [0.25, 0.3) is 0 Å². The van der Waals surface area contributed by atoms with E-state index in [4.69, 9.17) is 32.4 Å². The molecule has 0 fully saturated rings. The zero-order chi connectivity index (χ0) is 51.7. The Hall–Kier alpha value is -6.69. The Morgan fingerprint density at radius 1 is 0.620 bits per heavy atom. The number of hydrogen-bond donors (Lipinski definition) is 8. The van der Waals surface area contributed by atoms with Crippen molar-refractivity contribution in [3.05, 3.63) is 66.2 Å². The summed E-state index contributed by atoms with van der Waals surface area (Å²) in [7, 11) is 0. The Morgan fingerprint density at radius 2 is 1.14 bits per heavy atom. The highest BCUT2D eigenvalue weighted by molar-refractivity contribution is 7.80. The summed E-state index contributed by atoms with van der Waals surface area (Å²) in [4.78, 5) is 114. The molecule has 3 aromatic rings. The first-order valence-electron chi connectivity index (χ1n) is 23.7. The van der Waals surface area contributed by atoms with Crippen LogP contribution in [0.15, 0.2) is 60.7 Å². The van der Waals surface area contributed by atoms with E-state index in [2.05, 4.69) is 23.3 Å². The van der Waals surface area contributed by atoms with Gasteiger partial charge in [-0.3, -0.25) is 38.4 Å². The van der Waals surface area contributed by atoms with Gasteiger partial charge in [-0.1, -0.05) is 42.5 Å². The van der Waals surface area contributed by atoms with Gasteiger partial charge in [0.2, 0.25) is 48.1 Å². The van der Waals surface area contributed by atoms with E-state index in [0.717, 1.165) is 15.7 Å². The zero-order valence-corrected chi connectivity index (χ0v) is 41.0. The van der Waals surface area contributed by atoms with E-state index in [1.54, 1.807) is 24.3 Å². The zero-order valence-electron chi connectivity index (χ0n) is 40.1. The molecule has 1 aliphatic heterocycles. The number of amides is 7. The summed E-state index contributed by atoms with van der Waals surface area (Å²) in [5, 5.41) is 17.0. The van der Waals surface area contributed by atoms with Crippen LogP contribution in [-0.2, 0) is 44.9 Å². The van der Waals surface area contributed by atoms with Crippen LogP contribution < -0.4 is 43.0 Å². The average Bonchev–Trinajstić information content (AvgIpc) is 3.83. The van der Waals surface area contributed by atoms with Crippen molar-refractivity contribution in [2.75, 3.05) is 103 Å². The number of nitrogens with zero attached hydrogens (tertiary/aromatic N) is 5. The molecule has 1 heterocycles. The molecule has 388 valence electrons. The number of fused-ring (bicyclic) bond motifs is 2. The third-order valence-corrected chi connectivity index (χ3v) is 11.9. The fraction of sp³-hybridized carbons (Fsp3) is 0.500. The van der Waals surface area contributed by atoms with Gasteiger partial charge in [-0.25, -0.2) is 0 Å². The quantitative estimate of drug-likeness (QED) is 0.0292. The van der Waals surface area contributed by atoms with E-state index in [0.29, 0.717) is 80.9 Å². The number of benzene rings is 3. The van der Waals surface area contributed by atoms with Gasteiger partial charge >= 0.3 is 5.97 Å². The van der Waals surface area contributed by atoms with Crippen molar-refractivity contribution >= 4 is 76.4 Å². The molecular formula is C48H69N11O11S. The summed E-state index contributed by atoms with van der Waals surface area (Å²) in [5.74, 6) is -4.85. The summed E-state index contributed by atoms with van der Waals surface area (Å²) in [6.07, 6.45) is 2.31. The lowest BCUT2D eigenvalue weighted by Gasteiger charge is -2.32. The number of nitrogens with one attached hydrogen (secondary N) is 2. The Kier molecular flexibility index (Phi) is 24.2. The van der Waals surface area contributed by atoms with E-state index in [1.165, 1.54) is 19.6 Å². The third-order valence-electron chi connectivity index (χ3n) is 11.5. The molecule has 71 heavy (non-hydrogen) atoms. The summed E-state index contributed by atoms with van der Waals surface area (Å²) >= 11 is 4.07. The second kappa shape index (κ2) is 30.1. The maximum atomic E-state index is 14.6. The highest BCUT2D eigenvalue weighted by atomic mass is 32.1. The van der Waals surface area contributed by atoms with Crippen molar-refractivity contribution in [2.24, 2.45) is 22.9 Å². The molecule has 0 spiro atoms. The van der Waals surface area contributed by atoms with Gasteiger partial charge in [0, 0.05) is 49.6 Å². The van der Waals surface area contributed by atoms with Gasteiger partial charge in [0.1, 0.15) is 12.6 Å². The number of carbonyl (C=O) groups is 8. The number of ether oxygens (including phenoxy) is 2. The lowest BCUT2D eigenvalue weighted by molar-refractivity contribution is -0.148. The molecule has 1 aliphatic rings. The summed E-state index contributed by atoms with van der Waals surface area (Å²) in [5.41, 5.74) is 23.9. The normalized spacial score (nSPS) is 11.9. The molecule has 0 saturated carbocycles. The molecule has 4 rings (SSSR count). The Bertz CT molecular complexity index is 2280. The molecule has 1 atom stereocenters. The fourth-order valence-corrected chi connectivity index (χ4v) is 7.84. The SMILES string of the molecule is NCCCCN(CC(=O)NC(CS)C(N)=O)C(=O)CN(CCCCN)C(=O)CN(Cc1ccc2c(c1)OCO2)C(=O)CN(CCCCN)C(=O)CN(CCC(=O)O)C(=O)CNc1cccc2ccccc12. The number of aliphatic carboxylic acids is 1. The molecule has 0 bridgehead atoms. The molecule has 23 heteroatoms. The second-order valence-corrected chi connectivity index (χ2v) is 17.3. The maximum Gasteiger partial charge on any atom is 0.305 e. The van der Waals surface area contributed by atoms with E-state index >= 15 is 0 Å². The van der Waals surface area contributed by atoms with E-state index in [1.807, 2.05) is 36.4 Å². The van der Waals surface area contributed by atoms with Crippen molar-refractivity contribution in [3.8, 4) is 11.5 Å². The molecular weight excluding hydrogens is 939 g/mol. The lowest BCUT2D eigenvalue weighted by Crippen LogP contribution is -2.53. The first-order chi connectivity index (χ1) is 34.2.